The molecule has 114 valence electrons. The lowest BCUT2D eigenvalue weighted by atomic mass is 9.88. The van der Waals surface area contributed by atoms with E-state index >= 15 is 0 Å². The number of aryl methyl sites for hydroxylation is 2. The molecule has 0 aromatic heterocycles. The summed E-state index contributed by atoms with van der Waals surface area (Å²) < 4.78 is 0. The van der Waals surface area contributed by atoms with Crippen molar-refractivity contribution in [1.82, 2.24) is 10.2 Å². The Morgan fingerprint density at radius 2 is 1.85 bits per heavy atom. The molecule has 0 amide bonds. The maximum absolute atomic E-state index is 9.86. The molecule has 1 aromatic rings. The first-order valence-corrected chi connectivity index (χ1v) is 7.62. The molecule has 0 aliphatic carbocycles. The summed E-state index contributed by atoms with van der Waals surface area (Å²) >= 11 is 0. The lowest BCUT2D eigenvalue weighted by Gasteiger charge is -2.32. The number of likely N-dealkylation sites (N-methyl/N-ethyl adjacent to an activating group) is 1. The van der Waals surface area contributed by atoms with E-state index < -0.39 is 0 Å². The fourth-order valence-electron chi connectivity index (χ4n) is 2.60. The molecule has 3 heteroatoms. The van der Waals surface area contributed by atoms with E-state index in [4.69, 9.17) is 0 Å². The number of aliphatic hydroxyl groups is 1. The summed E-state index contributed by atoms with van der Waals surface area (Å²) in [5, 5.41) is 13.4. The molecule has 1 aromatic carbocycles. The van der Waals surface area contributed by atoms with Gasteiger partial charge in [-0.2, -0.15) is 0 Å². The van der Waals surface area contributed by atoms with Gasteiger partial charge in [-0.05, 0) is 45.0 Å². The van der Waals surface area contributed by atoms with Gasteiger partial charge in [-0.15, -0.1) is 0 Å². The van der Waals surface area contributed by atoms with E-state index in [1.165, 1.54) is 16.7 Å². The molecule has 0 radical (unpaired) electrons. The highest BCUT2D eigenvalue weighted by atomic mass is 16.3. The first kappa shape index (κ1) is 17.2. The maximum Gasteiger partial charge on any atom is 0.0652 e. The average molecular weight is 278 g/mol. The predicted molar refractivity (Wildman–Crippen MR) is 86.1 cm³/mol. The van der Waals surface area contributed by atoms with Crippen LogP contribution in [-0.4, -0.2) is 42.8 Å². The Morgan fingerprint density at radius 3 is 2.40 bits per heavy atom. The van der Waals surface area contributed by atoms with Crippen LogP contribution in [0.15, 0.2) is 18.2 Å². The molecule has 0 bridgehead atoms. The molecule has 1 unspecified atom stereocenters. The normalized spacial score (nSPS) is 14.6. The molecule has 0 aliphatic heterocycles. The summed E-state index contributed by atoms with van der Waals surface area (Å²) in [5.74, 6) is 0. The number of aliphatic hydroxyl groups excluding tert-OH is 1. The van der Waals surface area contributed by atoms with E-state index in [-0.39, 0.29) is 12.1 Å². The number of hydrogen-bond acceptors (Lipinski definition) is 3. The van der Waals surface area contributed by atoms with Crippen LogP contribution < -0.4 is 5.32 Å². The Morgan fingerprint density at radius 1 is 1.20 bits per heavy atom. The van der Waals surface area contributed by atoms with Crippen molar-refractivity contribution in [2.75, 3.05) is 32.8 Å². The summed E-state index contributed by atoms with van der Waals surface area (Å²) in [6, 6.07) is 6.42. The lowest BCUT2D eigenvalue weighted by Crippen LogP contribution is -2.46. The highest BCUT2D eigenvalue weighted by Gasteiger charge is 2.26. The molecule has 2 N–H and O–H groups in total. The molecule has 3 nitrogen and oxygen atoms in total. The van der Waals surface area contributed by atoms with Crippen molar-refractivity contribution in [3.05, 3.63) is 34.9 Å². The number of hydrogen-bond donors (Lipinski definition) is 2. The van der Waals surface area contributed by atoms with Crippen molar-refractivity contribution in [3.63, 3.8) is 0 Å². The second kappa shape index (κ2) is 7.77. The molecule has 0 aliphatic rings. The SMILES string of the molecule is CCN(CC)CCNC(C)(CO)c1cc(C)ccc1C. The number of rotatable bonds is 8. The molecule has 1 rings (SSSR count). The van der Waals surface area contributed by atoms with Gasteiger partial charge in [-0.1, -0.05) is 37.6 Å². The Hall–Kier alpha value is -0.900. The molecule has 0 heterocycles. The summed E-state index contributed by atoms with van der Waals surface area (Å²) in [7, 11) is 0. The van der Waals surface area contributed by atoms with Gasteiger partial charge in [-0.25, -0.2) is 0 Å². The van der Waals surface area contributed by atoms with Gasteiger partial charge >= 0.3 is 0 Å². The van der Waals surface area contributed by atoms with Gasteiger partial charge in [0.1, 0.15) is 0 Å². The van der Waals surface area contributed by atoms with Crippen LogP contribution in [0.1, 0.15) is 37.5 Å². The number of nitrogens with zero attached hydrogens (tertiary/aromatic N) is 1. The fraction of sp³-hybridized carbons (Fsp3) is 0.647. The van der Waals surface area contributed by atoms with Gasteiger partial charge < -0.3 is 15.3 Å². The fourth-order valence-corrected chi connectivity index (χ4v) is 2.60. The first-order chi connectivity index (χ1) is 9.46. The summed E-state index contributed by atoms with van der Waals surface area (Å²) in [6.07, 6.45) is 0. The zero-order valence-corrected chi connectivity index (χ0v) is 13.7. The smallest absolute Gasteiger partial charge is 0.0652 e. The largest absolute Gasteiger partial charge is 0.394 e. The van der Waals surface area contributed by atoms with Crippen LogP contribution in [0, 0.1) is 13.8 Å². The van der Waals surface area contributed by atoms with Gasteiger partial charge in [0.15, 0.2) is 0 Å². The van der Waals surface area contributed by atoms with Crippen LogP contribution in [0.3, 0.4) is 0 Å². The minimum atomic E-state index is -0.372. The minimum absolute atomic E-state index is 0.107. The molecule has 1 atom stereocenters. The topological polar surface area (TPSA) is 35.5 Å². The van der Waals surface area contributed by atoms with Crippen LogP contribution in [0.25, 0.3) is 0 Å². The van der Waals surface area contributed by atoms with Gasteiger partial charge in [0.05, 0.1) is 12.1 Å². The Balaban J connectivity index is 2.78. The van der Waals surface area contributed by atoms with E-state index in [9.17, 15) is 5.11 Å². The Bertz CT molecular complexity index is 415. The Kier molecular flexibility index (Phi) is 6.66. The molecular formula is C17H30N2O. The van der Waals surface area contributed by atoms with Gasteiger partial charge in [0, 0.05) is 13.1 Å². The third-order valence-electron chi connectivity index (χ3n) is 4.14. The number of nitrogens with one attached hydrogen (secondary N) is 1. The Labute approximate surface area is 124 Å². The van der Waals surface area contributed by atoms with Crippen LogP contribution in [0.2, 0.25) is 0 Å². The summed E-state index contributed by atoms with van der Waals surface area (Å²) in [5.41, 5.74) is 3.28. The maximum atomic E-state index is 9.86. The molecule has 20 heavy (non-hydrogen) atoms. The molecule has 0 saturated carbocycles. The standard InChI is InChI=1S/C17H30N2O/c1-6-19(7-2)11-10-18-17(5,13-20)16-12-14(3)8-9-15(16)4/h8-9,12,18,20H,6-7,10-11,13H2,1-5H3. The van der Waals surface area contributed by atoms with Crippen molar-refractivity contribution >= 4 is 0 Å². The van der Waals surface area contributed by atoms with Gasteiger partial charge in [0.25, 0.3) is 0 Å². The van der Waals surface area contributed by atoms with Crippen molar-refractivity contribution < 1.29 is 5.11 Å². The monoisotopic (exact) mass is 278 g/mol. The van der Waals surface area contributed by atoms with Crippen molar-refractivity contribution in [1.29, 1.82) is 0 Å². The summed E-state index contributed by atoms with van der Waals surface area (Å²) in [4.78, 5) is 2.38. The highest BCUT2D eigenvalue weighted by Crippen LogP contribution is 2.24. The molecule has 0 spiro atoms. The third kappa shape index (κ3) is 4.30. The van der Waals surface area contributed by atoms with Crippen molar-refractivity contribution in [2.45, 2.75) is 40.2 Å². The highest BCUT2D eigenvalue weighted by molar-refractivity contribution is 5.36. The van der Waals surface area contributed by atoms with Crippen LogP contribution in [0.4, 0.5) is 0 Å². The first-order valence-electron chi connectivity index (χ1n) is 7.62. The van der Waals surface area contributed by atoms with Crippen LogP contribution in [0.5, 0.6) is 0 Å². The zero-order valence-electron chi connectivity index (χ0n) is 13.7. The third-order valence-corrected chi connectivity index (χ3v) is 4.14. The van der Waals surface area contributed by atoms with Crippen LogP contribution >= 0.6 is 0 Å². The van der Waals surface area contributed by atoms with Crippen molar-refractivity contribution in [3.8, 4) is 0 Å². The molecule has 0 saturated heterocycles. The quantitative estimate of drug-likeness (QED) is 0.767. The minimum Gasteiger partial charge on any atom is -0.394 e. The van der Waals surface area contributed by atoms with E-state index in [1.807, 2.05) is 0 Å². The van der Waals surface area contributed by atoms with E-state index in [0.29, 0.717) is 0 Å². The molecular weight excluding hydrogens is 248 g/mol. The average Bonchev–Trinajstić information content (AvgIpc) is 2.46. The second-order valence-corrected chi connectivity index (χ2v) is 5.76. The van der Waals surface area contributed by atoms with Gasteiger partial charge in [0.2, 0.25) is 0 Å². The second-order valence-electron chi connectivity index (χ2n) is 5.76. The van der Waals surface area contributed by atoms with Gasteiger partial charge in [-0.3, -0.25) is 0 Å². The van der Waals surface area contributed by atoms with E-state index in [1.54, 1.807) is 0 Å². The lowest BCUT2D eigenvalue weighted by molar-refractivity contribution is 0.168. The van der Waals surface area contributed by atoms with E-state index in [0.717, 1.165) is 26.2 Å². The predicted octanol–water partition coefficient (Wildman–Crippen LogP) is 2.44. The van der Waals surface area contributed by atoms with Crippen LogP contribution in [-0.2, 0) is 5.54 Å². The molecule has 0 fully saturated rings. The van der Waals surface area contributed by atoms with Crippen molar-refractivity contribution in [2.24, 2.45) is 0 Å². The van der Waals surface area contributed by atoms with E-state index in [2.05, 4.69) is 63.0 Å². The zero-order chi connectivity index (χ0) is 15.2. The summed E-state index contributed by atoms with van der Waals surface area (Å²) in [6.45, 7) is 14.8. The number of benzene rings is 1.